The van der Waals surface area contributed by atoms with Gasteiger partial charge >= 0.3 is 5.97 Å². The summed E-state index contributed by atoms with van der Waals surface area (Å²) in [4.78, 5) is 39.1. The summed E-state index contributed by atoms with van der Waals surface area (Å²) in [5.41, 5.74) is 1.32. The number of ether oxygens (including phenoxy) is 3. The van der Waals surface area contributed by atoms with Crippen LogP contribution in [0, 0.1) is 0 Å². The highest BCUT2D eigenvalue weighted by Crippen LogP contribution is 2.34. The zero-order valence-electron chi connectivity index (χ0n) is 17.2. The van der Waals surface area contributed by atoms with E-state index in [4.69, 9.17) is 9.47 Å². The Balaban J connectivity index is 1.92. The van der Waals surface area contributed by atoms with E-state index in [1.807, 2.05) is 0 Å². The number of methoxy groups -OCH3 is 3. The first-order valence-electron chi connectivity index (χ1n) is 9.53. The van der Waals surface area contributed by atoms with Crippen molar-refractivity contribution in [3.8, 4) is 11.5 Å². The van der Waals surface area contributed by atoms with Gasteiger partial charge in [0.05, 0.1) is 38.1 Å². The van der Waals surface area contributed by atoms with E-state index in [1.165, 1.54) is 45.6 Å². The number of amides is 2. The monoisotopic (exact) mass is 412 g/mol. The maximum atomic E-state index is 13.0. The first kappa shape index (κ1) is 21.2. The van der Waals surface area contributed by atoms with Gasteiger partial charge in [-0.25, -0.2) is 4.79 Å². The second-order valence-corrected chi connectivity index (χ2v) is 6.78. The fourth-order valence-electron chi connectivity index (χ4n) is 3.32. The lowest BCUT2D eigenvalue weighted by atomic mass is 10.1. The van der Waals surface area contributed by atoms with Crippen LogP contribution >= 0.6 is 0 Å². The number of carbonyl (C=O) groups is 3. The number of rotatable bonds is 6. The molecule has 0 unspecified atom stereocenters. The third-order valence-corrected chi connectivity index (χ3v) is 4.96. The van der Waals surface area contributed by atoms with Crippen LogP contribution in [-0.2, 0) is 4.74 Å². The van der Waals surface area contributed by atoms with Crippen molar-refractivity contribution in [2.24, 2.45) is 0 Å². The van der Waals surface area contributed by atoms with Crippen molar-refractivity contribution >= 4 is 23.5 Å². The number of hydrogen-bond acceptors (Lipinski definition) is 6. The molecular formula is C22H24N2O6. The summed E-state index contributed by atoms with van der Waals surface area (Å²) in [5, 5.41) is 2.78. The van der Waals surface area contributed by atoms with Crippen LogP contribution in [0.15, 0.2) is 36.4 Å². The molecule has 30 heavy (non-hydrogen) atoms. The smallest absolute Gasteiger partial charge is 0.337 e. The van der Waals surface area contributed by atoms with E-state index >= 15 is 0 Å². The first-order valence-corrected chi connectivity index (χ1v) is 9.53. The molecule has 3 rings (SSSR count). The molecule has 2 aromatic rings. The van der Waals surface area contributed by atoms with Gasteiger partial charge in [0.2, 0.25) is 0 Å². The lowest BCUT2D eigenvalue weighted by Gasteiger charge is -2.20. The Labute approximate surface area is 174 Å². The van der Waals surface area contributed by atoms with E-state index in [-0.39, 0.29) is 5.91 Å². The van der Waals surface area contributed by atoms with Gasteiger partial charge in [0.1, 0.15) is 0 Å². The molecule has 0 atom stereocenters. The van der Waals surface area contributed by atoms with Crippen LogP contribution in [0.1, 0.15) is 43.9 Å². The van der Waals surface area contributed by atoms with E-state index in [0.717, 1.165) is 12.8 Å². The van der Waals surface area contributed by atoms with Crippen LogP contribution < -0.4 is 14.8 Å². The Hall–Kier alpha value is -3.55. The third kappa shape index (κ3) is 4.37. The molecule has 8 nitrogen and oxygen atoms in total. The molecule has 1 aliphatic heterocycles. The summed E-state index contributed by atoms with van der Waals surface area (Å²) < 4.78 is 15.3. The highest BCUT2D eigenvalue weighted by molar-refractivity contribution is 6.09. The highest BCUT2D eigenvalue weighted by Gasteiger charge is 2.25. The number of esters is 1. The molecule has 1 saturated heterocycles. The van der Waals surface area contributed by atoms with Crippen LogP contribution in [0.25, 0.3) is 0 Å². The number of benzene rings is 2. The molecule has 2 amide bonds. The van der Waals surface area contributed by atoms with Gasteiger partial charge in [-0.05, 0) is 43.2 Å². The summed E-state index contributed by atoms with van der Waals surface area (Å²) in [6.07, 6.45) is 1.90. The van der Waals surface area contributed by atoms with Gasteiger partial charge in [0.25, 0.3) is 11.8 Å². The van der Waals surface area contributed by atoms with E-state index in [1.54, 1.807) is 17.0 Å². The van der Waals surface area contributed by atoms with Gasteiger partial charge in [0.15, 0.2) is 11.5 Å². The number of hydrogen-bond donors (Lipinski definition) is 1. The Morgan fingerprint density at radius 1 is 0.867 bits per heavy atom. The van der Waals surface area contributed by atoms with Crippen molar-refractivity contribution < 1.29 is 28.6 Å². The van der Waals surface area contributed by atoms with Gasteiger partial charge in [0, 0.05) is 24.7 Å². The second-order valence-electron chi connectivity index (χ2n) is 6.78. The number of likely N-dealkylation sites (tertiary alicyclic amines) is 1. The molecule has 2 aromatic carbocycles. The Morgan fingerprint density at radius 2 is 1.43 bits per heavy atom. The Morgan fingerprint density at radius 3 is 2.00 bits per heavy atom. The van der Waals surface area contributed by atoms with Crippen molar-refractivity contribution in [3.05, 3.63) is 53.1 Å². The van der Waals surface area contributed by atoms with Crippen LogP contribution in [0.2, 0.25) is 0 Å². The van der Waals surface area contributed by atoms with Crippen LogP contribution in [0.5, 0.6) is 11.5 Å². The zero-order valence-corrected chi connectivity index (χ0v) is 17.2. The molecule has 0 spiro atoms. The highest BCUT2D eigenvalue weighted by atomic mass is 16.5. The maximum Gasteiger partial charge on any atom is 0.337 e. The van der Waals surface area contributed by atoms with Gasteiger partial charge in [-0.1, -0.05) is 0 Å². The molecule has 1 heterocycles. The molecule has 8 heteroatoms. The molecule has 1 aliphatic rings. The van der Waals surface area contributed by atoms with Gasteiger partial charge in [-0.15, -0.1) is 0 Å². The number of anilines is 1. The molecular weight excluding hydrogens is 388 g/mol. The van der Waals surface area contributed by atoms with Crippen molar-refractivity contribution in [2.75, 3.05) is 39.7 Å². The standard InChI is InChI=1S/C22H24N2O6/c1-28-18-12-16(21(26)24-10-4-5-11-24)17(13-19(18)29-2)23-20(25)14-6-8-15(9-7-14)22(27)30-3/h6-9,12-13H,4-5,10-11H2,1-3H3,(H,23,25). The normalized spacial score (nSPS) is 13.0. The molecule has 0 aliphatic carbocycles. The number of nitrogens with zero attached hydrogens (tertiary/aromatic N) is 1. The van der Waals surface area contributed by atoms with Crippen molar-refractivity contribution in [3.63, 3.8) is 0 Å². The van der Waals surface area contributed by atoms with E-state index < -0.39 is 11.9 Å². The zero-order chi connectivity index (χ0) is 21.7. The maximum absolute atomic E-state index is 13.0. The minimum absolute atomic E-state index is 0.176. The van der Waals surface area contributed by atoms with E-state index in [2.05, 4.69) is 10.1 Å². The van der Waals surface area contributed by atoms with Crippen LogP contribution in [0.4, 0.5) is 5.69 Å². The summed E-state index contributed by atoms with van der Waals surface area (Å²) in [7, 11) is 4.26. The lowest BCUT2D eigenvalue weighted by Crippen LogP contribution is -2.29. The molecule has 0 bridgehead atoms. The minimum atomic E-state index is -0.486. The largest absolute Gasteiger partial charge is 0.493 e. The average molecular weight is 412 g/mol. The molecule has 0 aromatic heterocycles. The molecule has 158 valence electrons. The topological polar surface area (TPSA) is 94.2 Å². The molecule has 1 fully saturated rings. The second kappa shape index (κ2) is 9.30. The number of nitrogens with one attached hydrogen (secondary N) is 1. The lowest BCUT2D eigenvalue weighted by molar-refractivity contribution is 0.0600. The summed E-state index contributed by atoms with van der Waals surface area (Å²) in [5.74, 6) is -0.286. The summed E-state index contributed by atoms with van der Waals surface area (Å²) in [6, 6.07) is 9.20. The first-order chi connectivity index (χ1) is 14.5. The van der Waals surface area contributed by atoms with E-state index in [0.29, 0.717) is 47.0 Å². The predicted molar refractivity (Wildman–Crippen MR) is 110 cm³/mol. The van der Waals surface area contributed by atoms with Crippen molar-refractivity contribution in [1.29, 1.82) is 0 Å². The van der Waals surface area contributed by atoms with Crippen LogP contribution in [-0.4, -0.2) is 57.1 Å². The average Bonchev–Trinajstić information content (AvgIpc) is 3.32. The quantitative estimate of drug-likeness (QED) is 0.733. The molecule has 1 N–H and O–H groups in total. The van der Waals surface area contributed by atoms with Crippen LogP contribution in [0.3, 0.4) is 0 Å². The minimum Gasteiger partial charge on any atom is -0.493 e. The summed E-state index contributed by atoms with van der Waals surface area (Å²) in [6.45, 7) is 1.35. The Bertz CT molecular complexity index is 949. The molecule has 0 radical (unpaired) electrons. The van der Waals surface area contributed by atoms with Gasteiger partial charge in [-0.2, -0.15) is 0 Å². The fourth-order valence-corrected chi connectivity index (χ4v) is 3.32. The van der Waals surface area contributed by atoms with Crippen molar-refractivity contribution in [2.45, 2.75) is 12.8 Å². The van der Waals surface area contributed by atoms with Gasteiger partial charge in [-0.3, -0.25) is 9.59 Å². The Kier molecular flexibility index (Phi) is 6.56. The SMILES string of the molecule is COC(=O)c1ccc(C(=O)Nc2cc(OC)c(OC)cc2C(=O)N2CCCC2)cc1. The summed E-state index contributed by atoms with van der Waals surface area (Å²) >= 11 is 0. The van der Waals surface area contributed by atoms with Crippen molar-refractivity contribution in [1.82, 2.24) is 4.90 Å². The predicted octanol–water partition coefficient (Wildman–Crippen LogP) is 2.98. The van der Waals surface area contributed by atoms with Gasteiger partial charge < -0.3 is 24.4 Å². The molecule has 0 saturated carbocycles. The third-order valence-electron chi connectivity index (χ3n) is 4.96. The van der Waals surface area contributed by atoms with E-state index in [9.17, 15) is 14.4 Å². The number of carbonyl (C=O) groups excluding carboxylic acids is 3. The fraction of sp³-hybridized carbons (Fsp3) is 0.318.